The van der Waals surface area contributed by atoms with Crippen LogP contribution in [-0.4, -0.2) is 40.7 Å². The van der Waals surface area contributed by atoms with E-state index in [2.05, 4.69) is 10.3 Å². The lowest BCUT2D eigenvalue weighted by molar-refractivity contribution is -0.126. The molecule has 1 aromatic heterocycles. The van der Waals surface area contributed by atoms with E-state index >= 15 is 0 Å². The minimum Gasteiger partial charge on any atom is -0.336 e. The first-order chi connectivity index (χ1) is 9.06. The van der Waals surface area contributed by atoms with Crippen LogP contribution in [0.2, 0.25) is 0 Å². The van der Waals surface area contributed by atoms with Crippen LogP contribution in [0.3, 0.4) is 0 Å². The van der Waals surface area contributed by atoms with Gasteiger partial charge in [-0.2, -0.15) is 0 Å². The minimum absolute atomic E-state index is 0.223. The lowest BCUT2D eigenvalue weighted by atomic mass is 10.00. The second-order valence-electron chi connectivity index (χ2n) is 5.00. The Morgan fingerprint density at radius 1 is 1.32 bits per heavy atom. The number of imide groups is 1. The van der Waals surface area contributed by atoms with Crippen LogP contribution in [0.4, 0.5) is 0 Å². The molecular weight excluding hydrogens is 246 g/mol. The number of fused-ring (bicyclic) bond motifs is 1. The first kappa shape index (κ1) is 11.8. The van der Waals surface area contributed by atoms with Crippen molar-refractivity contribution >= 4 is 17.7 Å². The predicted octanol–water partition coefficient (Wildman–Crippen LogP) is -0.265. The molecule has 0 aliphatic carbocycles. The molecule has 98 valence electrons. The Kier molecular flexibility index (Phi) is 2.58. The first-order valence-electron chi connectivity index (χ1n) is 6.13. The molecule has 3 heterocycles. The summed E-state index contributed by atoms with van der Waals surface area (Å²) in [5.41, 5.74) is 1.30. The van der Waals surface area contributed by atoms with Crippen molar-refractivity contribution in [3.63, 3.8) is 0 Å². The average Bonchev–Trinajstić information content (AvgIpc) is 2.92. The van der Waals surface area contributed by atoms with Gasteiger partial charge in [-0.1, -0.05) is 0 Å². The van der Waals surface area contributed by atoms with E-state index in [0.29, 0.717) is 5.69 Å². The molecule has 0 bridgehead atoms. The number of likely N-dealkylation sites (tertiary alicyclic amines) is 1. The Morgan fingerprint density at radius 3 is 2.53 bits per heavy atom. The zero-order valence-corrected chi connectivity index (χ0v) is 10.4. The average molecular weight is 259 g/mol. The van der Waals surface area contributed by atoms with Gasteiger partial charge in [0, 0.05) is 19.3 Å². The van der Waals surface area contributed by atoms with Gasteiger partial charge in [0.15, 0.2) is 0 Å². The molecule has 3 rings (SSSR count). The van der Waals surface area contributed by atoms with Crippen molar-refractivity contribution < 1.29 is 14.4 Å². The second kappa shape index (κ2) is 4.15. The number of hydrogen-bond donors (Lipinski definition) is 1. The summed E-state index contributed by atoms with van der Waals surface area (Å²) < 4.78 is 0. The molecule has 6 nitrogen and oxygen atoms in total. The molecular formula is C13H13N3O3. The summed E-state index contributed by atoms with van der Waals surface area (Å²) in [6.07, 6.45) is 1.58. The van der Waals surface area contributed by atoms with Crippen LogP contribution in [0.15, 0.2) is 18.3 Å². The Bertz CT molecular complexity index is 562. The molecule has 2 aliphatic heterocycles. The van der Waals surface area contributed by atoms with E-state index in [4.69, 9.17) is 0 Å². The zero-order valence-electron chi connectivity index (χ0n) is 10.4. The van der Waals surface area contributed by atoms with Crippen LogP contribution in [-0.2, 0) is 9.59 Å². The molecule has 1 N–H and O–H groups in total. The molecule has 0 unspecified atom stereocenters. The quantitative estimate of drug-likeness (QED) is 0.704. The van der Waals surface area contributed by atoms with Crippen LogP contribution < -0.4 is 5.32 Å². The third-order valence-corrected chi connectivity index (χ3v) is 3.66. The van der Waals surface area contributed by atoms with E-state index in [1.54, 1.807) is 12.3 Å². The smallest absolute Gasteiger partial charge is 0.272 e. The van der Waals surface area contributed by atoms with Crippen LogP contribution in [0, 0.1) is 18.8 Å². The van der Waals surface area contributed by atoms with Gasteiger partial charge in [-0.15, -0.1) is 0 Å². The van der Waals surface area contributed by atoms with Crippen LogP contribution in [0.25, 0.3) is 0 Å². The highest BCUT2D eigenvalue weighted by Gasteiger charge is 2.49. The van der Waals surface area contributed by atoms with Gasteiger partial charge >= 0.3 is 0 Å². The van der Waals surface area contributed by atoms with E-state index in [1.807, 2.05) is 13.0 Å². The van der Waals surface area contributed by atoms with E-state index in [1.165, 1.54) is 4.90 Å². The molecule has 3 amide bonds. The first-order valence-corrected chi connectivity index (χ1v) is 6.13. The molecule has 2 aliphatic rings. The topological polar surface area (TPSA) is 79.4 Å². The Hall–Kier alpha value is -2.24. The van der Waals surface area contributed by atoms with Crippen molar-refractivity contribution in [2.45, 2.75) is 6.92 Å². The summed E-state index contributed by atoms with van der Waals surface area (Å²) in [7, 11) is 0. The normalized spacial score (nSPS) is 25.4. The van der Waals surface area contributed by atoms with Gasteiger partial charge in [-0.3, -0.25) is 24.7 Å². The predicted molar refractivity (Wildman–Crippen MR) is 65.0 cm³/mol. The maximum Gasteiger partial charge on any atom is 0.272 e. The molecule has 6 heteroatoms. The number of carbonyl (C=O) groups is 3. The van der Waals surface area contributed by atoms with Crippen molar-refractivity contribution in [2.24, 2.45) is 11.8 Å². The van der Waals surface area contributed by atoms with E-state index < -0.39 is 11.8 Å². The molecule has 2 atom stereocenters. The van der Waals surface area contributed by atoms with Crippen molar-refractivity contribution in [3.8, 4) is 0 Å². The number of carbonyl (C=O) groups excluding carboxylic acids is 3. The summed E-state index contributed by atoms with van der Waals surface area (Å²) in [6.45, 7) is 2.46. The number of aromatic nitrogens is 1. The van der Waals surface area contributed by atoms with Gasteiger partial charge in [0.2, 0.25) is 11.8 Å². The lowest BCUT2D eigenvalue weighted by Crippen LogP contribution is -2.35. The largest absolute Gasteiger partial charge is 0.336 e. The highest BCUT2D eigenvalue weighted by Crippen LogP contribution is 2.29. The number of nitrogens with zero attached hydrogens (tertiary/aromatic N) is 2. The van der Waals surface area contributed by atoms with Crippen LogP contribution in [0.1, 0.15) is 16.1 Å². The Balaban J connectivity index is 1.80. The second-order valence-corrected chi connectivity index (χ2v) is 5.00. The SMILES string of the molecule is Cc1ccnc(C(=O)N2C[C@@H]3C(=O)NC(=O)[C@@H]3C2)c1. The molecule has 2 fully saturated rings. The summed E-state index contributed by atoms with van der Waals surface area (Å²) >= 11 is 0. The summed E-state index contributed by atoms with van der Waals surface area (Å²) in [5.74, 6) is -1.58. The minimum atomic E-state index is -0.402. The third-order valence-electron chi connectivity index (χ3n) is 3.66. The Morgan fingerprint density at radius 2 is 1.95 bits per heavy atom. The summed E-state index contributed by atoms with van der Waals surface area (Å²) in [6, 6.07) is 3.52. The maximum atomic E-state index is 12.3. The van der Waals surface area contributed by atoms with Gasteiger partial charge in [-0.25, -0.2) is 0 Å². The van der Waals surface area contributed by atoms with E-state index in [-0.39, 0.29) is 30.8 Å². The van der Waals surface area contributed by atoms with Crippen LogP contribution >= 0.6 is 0 Å². The highest BCUT2D eigenvalue weighted by molar-refractivity contribution is 6.06. The molecule has 0 aromatic carbocycles. The molecule has 2 saturated heterocycles. The van der Waals surface area contributed by atoms with Gasteiger partial charge in [0.05, 0.1) is 11.8 Å². The molecule has 0 spiro atoms. The lowest BCUT2D eigenvalue weighted by Gasteiger charge is -2.16. The van der Waals surface area contributed by atoms with Crippen molar-refractivity contribution in [3.05, 3.63) is 29.6 Å². The van der Waals surface area contributed by atoms with Crippen molar-refractivity contribution in [1.82, 2.24) is 15.2 Å². The number of pyridine rings is 1. The molecule has 0 saturated carbocycles. The highest BCUT2D eigenvalue weighted by atomic mass is 16.2. The van der Waals surface area contributed by atoms with Gasteiger partial charge in [0.1, 0.15) is 5.69 Å². The Labute approximate surface area is 109 Å². The number of amides is 3. The third kappa shape index (κ3) is 1.89. The number of rotatable bonds is 1. The number of hydrogen-bond acceptors (Lipinski definition) is 4. The van der Waals surface area contributed by atoms with Crippen molar-refractivity contribution in [1.29, 1.82) is 0 Å². The molecule has 19 heavy (non-hydrogen) atoms. The van der Waals surface area contributed by atoms with Crippen molar-refractivity contribution in [2.75, 3.05) is 13.1 Å². The fourth-order valence-electron chi connectivity index (χ4n) is 2.62. The van der Waals surface area contributed by atoms with E-state index in [9.17, 15) is 14.4 Å². The van der Waals surface area contributed by atoms with Crippen LogP contribution in [0.5, 0.6) is 0 Å². The van der Waals surface area contributed by atoms with Gasteiger partial charge in [0.25, 0.3) is 5.91 Å². The number of nitrogens with one attached hydrogen (secondary N) is 1. The number of aryl methyl sites for hydroxylation is 1. The zero-order chi connectivity index (χ0) is 13.6. The monoisotopic (exact) mass is 259 g/mol. The summed E-state index contributed by atoms with van der Waals surface area (Å²) in [4.78, 5) is 40.9. The molecule has 0 radical (unpaired) electrons. The fourth-order valence-corrected chi connectivity index (χ4v) is 2.62. The fraction of sp³-hybridized carbons (Fsp3) is 0.385. The molecule has 1 aromatic rings. The maximum absolute atomic E-state index is 12.3. The van der Waals surface area contributed by atoms with E-state index in [0.717, 1.165) is 5.56 Å². The van der Waals surface area contributed by atoms with Gasteiger partial charge in [-0.05, 0) is 24.6 Å². The van der Waals surface area contributed by atoms with Gasteiger partial charge < -0.3 is 4.90 Å². The summed E-state index contributed by atoms with van der Waals surface area (Å²) in [5, 5.41) is 2.30. The standard InChI is InChI=1S/C13H13N3O3/c1-7-2-3-14-10(4-7)13(19)16-5-8-9(6-16)12(18)15-11(8)17/h2-4,8-9H,5-6H2,1H3,(H,15,17,18)/t8-,9+.